The van der Waals surface area contributed by atoms with Crippen molar-refractivity contribution < 1.29 is 14.3 Å². The van der Waals surface area contributed by atoms with Gasteiger partial charge in [0.1, 0.15) is 6.61 Å². The van der Waals surface area contributed by atoms with Gasteiger partial charge >= 0.3 is 0 Å². The maximum atomic E-state index is 12.1. The van der Waals surface area contributed by atoms with Crippen LogP contribution in [0.25, 0.3) is 0 Å². The topological polar surface area (TPSA) is 67.8 Å². The Bertz CT molecular complexity index is 578. The van der Waals surface area contributed by atoms with Gasteiger partial charge in [0, 0.05) is 46.1 Å². The molecule has 1 fully saturated rings. The van der Waals surface area contributed by atoms with Crippen molar-refractivity contribution in [1.29, 1.82) is 0 Å². The lowest BCUT2D eigenvalue weighted by Gasteiger charge is -2.34. The van der Waals surface area contributed by atoms with Gasteiger partial charge in [-0.2, -0.15) is 0 Å². The summed E-state index contributed by atoms with van der Waals surface area (Å²) >= 11 is 0. The predicted octanol–water partition coefficient (Wildman–Crippen LogP) is 0.189. The second-order valence-corrected chi connectivity index (χ2v) is 6.21. The highest BCUT2D eigenvalue weighted by atomic mass is 16.5. The van der Waals surface area contributed by atoms with Crippen LogP contribution in [0.3, 0.4) is 0 Å². The second-order valence-electron chi connectivity index (χ2n) is 6.21. The molecule has 22 heavy (non-hydrogen) atoms. The van der Waals surface area contributed by atoms with Gasteiger partial charge in [-0.3, -0.25) is 4.79 Å². The van der Waals surface area contributed by atoms with E-state index in [4.69, 9.17) is 14.5 Å². The summed E-state index contributed by atoms with van der Waals surface area (Å²) in [5.41, 5.74) is 1.84. The fourth-order valence-corrected chi connectivity index (χ4v) is 3.21. The molecule has 1 aromatic rings. The molecule has 1 amide bonds. The number of aromatic nitrogens is 2. The number of ether oxygens (including phenoxy) is 2. The molecule has 1 saturated heterocycles. The van der Waals surface area contributed by atoms with Crippen LogP contribution in [0.5, 0.6) is 0 Å². The van der Waals surface area contributed by atoms with Crippen molar-refractivity contribution in [3.05, 3.63) is 17.5 Å². The molecule has 120 valence electrons. The average Bonchev–Trinajstić information content (AvgIpc) is 2.92. The number of fused-ring (bicyclic) bond motifs is 2. The standard InChI is InChI=1S/C15H22N4O3/c1-18(2)14-16-6-11-7-22-10-15(13(11)17-14)4-5-19(9-15)12(20)8-21-3/h6H,4-5,7-10H2,1-3H3. The Hall–Kier alpha value is -1.73. The van der Waals surface area contributed by atoms with E-state index in [0.717, 1.165) is 17.7 Å². The third-order valence-electron chi connectivity index (χ3n) is 4.36. The minimum atomic E-state index is -0.218. The lowest BCUT2D eigenvalue weighted by Crippen LogP contribution is -2.42. The molecular weight excluding hydrogens is 284 g/mol. The van der Waals surface area contributed by atoms with Gasteiger partial charge in [-0.05, 0) is 6.42 Å². The zero-order valence-corrected chi connectivity index (χ0v) is 13.3. The van der Waals surface area contributed by atoms with Crippen molar-refractivity contribution >= 4 is 11.9 Å². The van der Waals surface area contributed by atoms with Crippen LogP contribution in [0.1, 0.15) is 17.7 Å². The fraction of sp³-hybridized carbons (Fsp3) is 0.667. The highest BCUT2D eigenvalue weighted by Gasteiger charge is 2.46. The van der Waals surface area contributed by atoms with E-state index in [-0.39, 0.29) is 17.9 Å². The van der Waals surface area contributed by atoms with Crippen molar-refractivity contribution in [1.82, 2.24) is 14.9 Å². The second kappa shape index (κ2) is 5.81. The molecule has 2 aliphatic rings. The van der Waals surface area contributed by atoms with Crippen LogP contribution < -0.4 is 4.90 Å². The smallest absolute Gasteiger partial charge is 0.248 e. The number of carbonyl (C=O) groups is 1. The summed E-state index contributed by atoms with van der Waals surface area (Å²) < 4.78 is 10.7. The van der Waals surface area contributed by atoms with Gasteiger partial charge in [0.25, 0.3) is 0 Å². The van der Waals surface area contributed by atoms with Crippen molar-refractivity contribution in [2.75, 3.05) is 52.4 Å². The van der Waals surface area contributed by atoms with Crippen LogP contribution >= 0.6 is 0 Å². The van der Waals surface area contributed by atoms with Crippen molar-refractivity contribution in [2.45, 2.75) is 18.4 Å². The molecule has 7 nitrogen and oxygen atoms in total. The number of hydrogen-bond acceptors (Lipinski definition) is 6. The van der Waals surface area contributed by atoms with E-state index in [9.17, 15) is 4.79 Å². The van der Waals surface area contributed by atoms with E-state index in [1.54, 1.807) is 7.11 Å². The first-order chi connectivity index (χ1) is 10.6. The van der Waals surface area contributed by atoms with E-state index < -0.39 is 0 Å². The number of hydrogen-bond donors (Lipinski definition) is 0. The highest BCUT2D eigenvalue weighted by Crippen LogP contribution is 2.39. The molecular formula is C15H22N4O3. The number of methoxy groups -OCH3 is 1. The quantitative estimate of drug-likeness (QED) is 0.794. The van der Waals surface area contributed by atoms with Gasteiger partial charge in [0.15, 0.2) is 0 Å². The normalized spacial score (nSPS) is 23.7. The summed E-state index contributed by atoms with van der Waals surface area (Å²) in [6.07, 6.45) is 2.71. The zero-order valence-electron chi connectivity index (χ0n) is 13.3. The van der Waals surface area contributed by atoms with Crippen molar-refractivity contribution in [3.8, 4) is 0 Å². The summed E-state index contributed by atoms with van der Waals surface area (Å²) in [7, 11) is 5.40. The molecule has 0 radical (unpaired) electrons. The Kier molecular flexibility index (Phi) is 4.01. The van der Waals surface area contributed by atoms with E-state index in [1.807, 2.05) is 30.1 Å². The molecule has 0 saturated carbocycles. The van der Waals surface area contributed by atoms with Crippen molar-refractivity contribution in [2.24, 2.45) is 0 Å². The van der Waals surface area contributed by atoms with Crippen LogP contribution in [0.2, 0.25) is 0 Å². The first-order valence-electron chi connectivity index (χ1n) is 7.44. The molecule has 1 aromatic heterocycles. The number of nitrogens with zero attached hydrogens (tertiary/aromatic N) is 4. The number of rotatable bonds is 3. The van der Waals surface area contributed by atoms with Gasteiger partial charge in [-0.1, -0.05) is 0 Å². The number of amides is 1. The Morgan fingerprint density at radius 3 is 3.09 bits per heavy atom. The summed E-state index contributed by atoms with van der Waals surface area (Å²) in [5, 5.41) is 0. The molecule has 7 heteroatoms. The lowest BCUT2D eigenvalue weighted by atomic mass is 9.80. The molecule has 3 rings (SSSR count). The molecule has 1 spiro atoms. The molecule has 1 unspecified atom stereocenters. The summed E-state index contributed by atoms with van der Waals surface area (Å²) in [5.74, 6) is 0.718. The third kappa shape index (κ3) is 2.55. The first-order valence-corrected chi connectivity index (χ1v) is 7.44. The van der Waals surface area contributed by atoms with Crippen LogP contribution in [0, 0.1) is 0 Å². The maximum absolute atomic E-state index is 12.1. The molecule has 0 bridgehead atoms. The number of anilines is 1. The Labute approximate surface area is 130 Å². The summed E-state index contributed by atoms with van der Waals surface area (Å²) in [4.78, 5) is 24.9. The zero-order chi connectivity index (χ0) is 15.7. The van der Waals surface area contributed by atoms with Gasteiger partial charge < -0.3 is 19.3 Å². The SMILES string of the molecule is COCC(=O)N1CCC2(COCc3cnc(N(C)C)nc32)C1. The van der Waals surface area contributed by atoms with E-state index in [2.05, 4.69) is 4.98 Å². The van der Waals surface area contributed by atoms with Gasteiger partial charge in [0.05, 0.1) is 24.3 Å². The Morgan fingerprint density at radius 2 is 2.36 bits per heavy atom. The Balaban J connectivity index is 1.91. The minimum absolute atomic E-state index is 0.0217. The van der Waals surface area contributed by atoms with E-state index in [1.165, 1.54) is 0 Å². The van der Waals surface area contributed by atoms with Crippen LogP contribution in [0.15, 0.2) is 6.20 Å². The van der Waals surface area contributed by atoms with E-state index >= 15 is 0 Å². The first kappa shape index (κ1) is 15.2. The molecule has 1 atom stereocenters. The third-order valence-corrected chi connectivity index (χ3v) is 4.36. The molecule has 0 N–H and O–H groups in total. The number of likely N-dealkylation sites (tertiary alicyclic amines) is 1. The molecule has 3 heterocycles. The van der Waals surface area contributed by atoms with Crippen LogP contribution in [-0.4, -0.2) is 68.3 Å². The molecule has 2 aliphatic heterocycles. The van der Waals surface area contributed by atoms with Crippen LogP contribution in [0.4, 0.5) is 5.95 Å². The molecule has 0 aromatic carbocycles. The largest absolute Gasteiger partial charge is 0.376 e. The van der Waals surface area contributed by atoms with Gasteiger partial charge in [0.2, 0.25) is 11.9 Å². The van der Waals surface area contributed by atoms with Gasteiger partial charge in [-0.25, -0.2) is 9.97 Å². The van der Waals surface area contributed by atoms with Crippen LogP contribution in [-0.2, 0) is 26.3 Å². The monoisotopic (exact) mass is 306 g/mol. The average molecular weight is 306 g/mol. The summed E-state index contributed by atoms with van der Waals surface area (Å²) in [6, 6.07) is 0. The molecule has 0 aliphatic carbocycles. The fourth-order valence-electron chi connectivity index (χ4n) is 3.21. The van der Waals surface area contributed by atoms with Gasteiger partial charge in [-0.15, -0.1) is 0 Å². The predicted molar refractivity (Wildman–Crippen MR) is 80.8 cm³/mol. The Morgan fingerprint density at radius 1 is 1.55 bits per heavy atom. The lowest BCUT2D eigenvalue weighted by molar-refractivity contribution is -0.134. The van der Waals surface area contributed by atoms with Crippen molar-refractivity contribution in [3.63, 3.8) is 0 Å². The summed E-state index contributed by atoms with van der Waals surface area (Å²) in [6.45, 7) is 2.60. The number of carbonyl (C=O) groups excluding carboxylic acids is 1. The maximum Gasteiger partial charge on any atom is 0.248 e. The minimum Gasteiger partial charge on any atom is -0.376 e. The highest BCUT2D eigenvalue weighted by molar-refractivity contribution is 5.78. The van der Waals surface area contributed by atoms with E-state index in [0.29, 0.717) is 32.3 Å².